The number of carbonyl (C=O) groups is 1. The predicted octanol–water partition coefficient (Wildman–Crippen LogP) is 3.16. The van der Waals surface area contributed by atoms with Gasteiger partial charge >= 0.3 is 0 Å². The molecule has 0 spiro atoms. The smallest absolute Gasteiger partial charge is 0.254 e. The predicted molar refractivity (Wildman–Crippen MR) is 82.9 cm³/mol. The van der Waals surface area contributed by atoms with Crippen LogP contribution in [0.3, 0.4) is 0 Å². The third kappa shape index (κ3) is 2.83. The Morgan fingerprint density at radius 2 is 2.00 bits per heavy atom. The van der Waals surface area contributed by atoms with Crippen LogP contribution in [0.2, 0.25) is 0 Å². The fourth-order valence-corrected chi connectivity index (χ4v) is 3.25. The average molecular weight is 288 g/mol. The molecule has 1 saturated heterocycles. The van der Waals surface area contributed by atoms with Crippen LogP contribution in [0.5, 0.6) is 0 Å². The SMILES string of the molecule is CSC1(C#N)CCN(C(=O)c2cc(C)ccc2C)CC1. The summed E-state index contributed by atoms with van der Waals surface area (Å²) in [7, 11) is 0. The molecule has 20 heavy (non-hydrogen) atoms. The zero-order chi connectivity index (χ0) is 14.8. The van der Waals surface area contributed by atoms with Crippen molar-refractivity contribution < 1.29 is 4.79 Å². The Bertz CT molecular complexity index is 554. The lowest BCUT2D eigenvalue weighted by molar-refractivity contribution is 0.0716. The van der Waals surface area contributed by atoms with E-state index in [1.807, 2.05) is 43.2 Å². The second kappa shape index (κ2) is 5.88. The minimum absolute atomic E-state index is 0.0962. The van der Waals surface area contributed by atoms with E-state index in [0.717, 1.165) is 29.5 Å². The minimum Gasteiger partial charge on any atom is -0.338 e. The molecule has 0 radical (unpaired) electrons. The van der Waals surface area contributed by atoms with E-state index in [-0.39, 0.29) is 10.7 Å². The lowest BCUT2D eigenvalue weighted by Crippen LogP contribution is -2.44. The van der Waals surface area contributed by atoms with Crippen LogP contribution in [-0.4, -0.2) is 34.9 Å². The third-order valence-electron chi connectivity index (χ3n) is 4.08. The average Bonchev–Trinajstić information content (AvgIpc) is 2.49. The molecule has 0 aromatic heterocycles. The summed E-state index contributed by atoms with van der Waals surface area (Å²) >= 11 is 1.61. The number of hydrogen-bond acceptors (Lipinski definition) is 3. The van der Waals surface area contributed by atoms with E-state index in [0.29, 0.717) is 13.1 Å². The van der Waals surface area contributed by atoms with Crippen molar-refractivity contribution in [2.75, 3.05) is 19.3 Å². The first-order valence-corrected chi connectivity index (χ1v) is 8.07. The number of piperidine rings is 1. The quantitative estimate of drug-likeness (QED) is 0.839. The number of hydrogen-bond donors (Lipinski definition) is 0. The normalized spacial score (nSPS) is 17.6. The van der Waals surface area contributed by atoms with Gasteiger partial charge in [0.15, 0.2) is 0 Å². The minimum atomic E-state index is -0.307. The fraction of sp³-hybridized carbons (Fsp3) is 0.500. The highest BCUT2D eigenvalue weighted by molar-refractivity contribution is 8.00. The summed E-state index contributed by atoms with van der Waals surface area (Å²) in [5.74, 6) is 0.0962. The zero-order valence-electron chi connectivity index (χ0n) is 12.3. The highest BCUT2D eigenvalue weighted by atomic mass is 32.2. The van der Waals surface area contributed by atoms with Gasteiger partial charge in [-0.15, -0.1) is 11.8 Å². The van der Waals surface area contributed by atoms with Crippen LogP contribution in [-0.2, 0) is 0 Å². The summed E-state index contributed by atoms with van der Waals surface area (Å²) in [5, 5.41) is 9.29. The molecule has 0 N–H and O–H groups in total. The molecular weight excluding hydrogens is 268 g/mol. The standard InChI is InChI=1S/C16H20N2OS/c1-12-4-5-13(2)14(10-12)15(19)18-8-6-16(11-17,20-3)7-9-18/h4-5,10H,6-9H2,1-3H3. The Morgan fingerprint density at radius 3 is 2.55 bits per heavy atom. The number of likely N-dealkylation sites (tertiary alicyclic amines) is 1. The van der Waals surface area contributed by atoms with Gasteiger partial charge in [0.1, 0.15) is 4.75 Å². The van der Waals surface area contributed by atoms with Crippen molar-refractivity contribution in [2.24, 2.45) is 0 Å². The van der Waals surface area contributed by atoms with Crippen LogP contribution in [0.4, 0.5) is 0 Å². The van der Waals surface area contributed by atoms with E-state index in [4.69, 9.17) is 0 Å². The van der Waals surface area contributed by atoms with Crippen molar-refractivity contribution in [3.05, 3.63) is 34.9 Å². The van der Waals surface area contributed by atoms with Crippen molar-refractivity contribution in [1.82, 2.24) is 4.90 Å². The molecule has 0 bridgehead atoms. The summed E-state index contributed by atoms with van der Waals surface area (Å²) < 4.78 is -0.307. The van der Waals surface area contributed by atoms with Crippen LogP contribution in [0.1, 0.15) is 34.3 Å². The number of amides is 1. The molecule has 1 aliphatic heterocycles. The van der Waals surface area contributed by atoms with Crippen LogP contribution < -0.4 is 0 Å². The molecule has 0 aliphatic carbocycles. The fourth-order valence-electron chi connectivity index (χ4n) is 2.57. The summed E-state index contributed by atoms with van der Waals surface area (Å²) in [4.78, 5) is 14.5. The van der Waals surface area contributed by atoms with Gasteiger partial charge in [0, 0.05) is 18.7 Å². The third-order valence-corrected chi connectivity index (χ3v) is 5.36. The Kier molecular flexibility index (Phi) is 4.39. The number of carbonyl (C=O) groups excluding carboxylic acids is 1. The van der Waals surface area contributed by atoms with E-state index in [1.165, 1.54) is 0 Å². The number of nitrogens with zero attached hydrogens (tertiary/aromatic N) is 2. The highest BCUT2D eigenvalue weighted by Gasteiger charge is 2.35. The first-order chi connectivity index (χ1) is 9.51. The summed E-state index contributed by atoms with van der Waals surface area (Å²) in [5.41, 5.74) is 2.91. The van der Waals surface area contributed by atoms with Gasteiger partial charge in [0.05, 0.1) is 6.07 Å². The second-order valence-electron chi connectivity index (χ2n) is 5.42. The molecule has 1 aromatic carbocycles. The van der Waals surface area contributed by atoms with Crippen molar-refractivity contribution in [2.45, 2.75) is 31.4 Å². The summed E-state index contributed by atoms with van der Waals surface area (Å²) in [6, 6.07) is 8.39. The van der Waals surface area contributed by atoms with Gasteiger partial charge in [-0.3, -0.25) is 4.79 Å². The Labute approximate surface area is 125 Å². The maximum Gasteiger partial charge on any atom is 0.254 e. The first kappa shape index (κ1) is 14.9. The topological polar surface area (TPSA) is 44.1 Å². The van der Waals surface area contributed by atoms with Gasteiger partial charge in [-0.05, 0) is 44.6 Å². The summed E-state index contributed by atoms with van der Waals surface area (Å²) in [6.45, 7) is 5.31. The van der Waals surface area contributed by atoms with Gasteiger partial charge < -0.3 is 4.90 Å². The van der Waals surface area contributed by atoms with Crippen LogP contribution in [0, 0.1) is 25.2 Å². The van der Waals surface area contributed by atoms with E-state index < -0.39 is 0 Å². The molecule has 3 nitrogen and oxygen atoms in total. The lowest BCUT2D eigenvalue weighted by Gasteiger charge is -2.36. The van der Waals surface area contributed by atoms with E-state index in [1.54, 1.807) is 11.8 Å². The van der Waals surface area contributed by atoms with Gasteiger partial charge in [0.25, 0.3) is 5.91 Å². The summed E-state index contributed by atoms with van der Waals surface area (Å²) in [6.07, 6.45) is 3.48. The molecule has 0 unspecified atom stereocenters. The molecule has 1 heterocycles. The van der Waals surface area contributed by atoms with Crippen LogP contribution >= 0.6 is 11.8 Å². The van der Waals surface area contributed by atoms with Crippen molar-refractivity contribution in [3.8, 4) is 6.07 Å². The van der Waals surface area contributed by atoms with Gasteiger partial charge in [-0.25, -0.2) is 0 Å². The van der Waals surface area contributed by atoms with E-state index in [9.17, 15) is 10.1 Å². The van der Waals surface area contributed by atoms with Gasteiger partial charge in [-0.2, -0.15) is 5.26 Å². The number of rotatable bonds is 2. The first-order valence-electron chi connectivity index (χ1n) is 6.84. The maximum absolute atomic E-state index is 12.6. The van der Waals surface area contributed by atoms with Crippen molar-refractivity contribution >= 4 is 17.7 Å². The molecule has 0 saturated carbocycles. The molecular formula is C16H20N2OS. The molecule has 1 aromatic rings. The number of nitriles is 1. The lowest BCUT2D eigenvalue weighted by atomic mass is 9.96. The Morgan fingerprint density at radius 1 is 1.35 bits per heavy atom. The molecule has 1 aliphatic rings. The van der Waals surface area contributed by atoms with Crippen LogP contribution in [0.15, 0.2) is 18.2 Å². The van der Waals surface area contributed by atoms with Gasteiger partial charge in [-0.1, -0.05) is 17.7 Å². The van der Waals surface area contributed by atoms with Crippen LogP contribution in [0.25, 0.3) is 0 Å². The molecule has 1 fully saturated rings. The number of aryl methyl sites for hydroxylation is 2. The zero-order valence-corrected chi connectivity index (χ0v) is 13.1. The van der Waals surface area contributed by atoms with Gasteiger partial charge in [0.2, 0.25) is 0 Å². The molecule has 1 amide bonds. The molecule has 2 rings (SSSR count). The highest BCUT2D eigenvalue weighted by Crippen LogP contribution is 2.34. The monoisotopic (exact) mass is 288 g/mol. The number of benzene rings is 1. The Hall–Kier alpha value is -1.47. The molecule has 106 valence electrons. The molecule has 0 atom stereocenters. The Balaban J connectivity index is 2.13. The second-order valence-corrected chi connectivity index (χ2v) is 6.61. The maximum atomic E-state index is 12.6. The molecule has 4 heteroatoms. The van der Waals surface area contributed by atoms with Crippen molar-refractivity contribution in [3.63, 3.8) is 0 Å². The largest absolute Gasteiger partial charge is 0.338 e. The van der Waals surface area contributed by atoms with E-state index in [2.05, 4.69) is 6.07 Å². The van der Waals surface area contributed by atoms with Crippen molar-refractivity contribution in [1.29, 1.82) is 5.26 Å². The van der Waals surface area contributed by atoms with E-state index >= 15 is 0 Å². The number of thioether (sulfide) groups is 1.